The van der Waals surface area contributed by atoms with Crippen LogP contribution in [0.3, 0.4) is 0 Å². The van der Waals surface area contributed by atoms with Crippen molar-refractivity contribution in [2.24, 2.45) is 0 Å². The summed E-state index contributed by atoms with van der Waals surface area (Å²) in [5.74, 6) is -0.907. The fourth-order valence-corrected chi connectivity index (χ4v) is 2.03. The highest BCUT2D eigenvalue weighted by Gasteiger charge is 2.47. The summed E-state index contributed by atoms with van der Waals surface area (Å²) in [6.45, 7) is 1.09. The molecule has 2 N–H and O–H groups in total. The number of aliphatic hydroxyl groups is 2. The summed E-state index contributed by atoms with van der Waals surface area (Å²) >= 11 is 0. The van der Waals surface area contributed by atoms with E-state index < -0.39 is 18.0 Å². The summed E-state index contributed by atoms with van der Waals surface area (Å²) in [5.41, 5.74) is 0. The van der Waals surface area contributed by atoms with Crippen molar-refractivity contribution in [1.29, 1.82) is 0 Å². The van der Waals surface area contributed by atoms with E-state index in [4.69, 9.17) is 9.47 Å². The highest BCUT2D eigenvalue weighted by atomic mass is 16.7. The molecular formula is C9H16O4. The van der Waals surface area contributed by atoms with E-state index in [1.165, 1.54) is 0 Å². The van der Waals surface area contributed by atoms with E-state index in [2.05, 4.69) is 0 Å². The van der Waals surface area contributed by atoms with Crippen LogP contribution in [0.4, 0.5) is 0 Å². The standard InChI is InChI=1S/C9H16O4/c10-7-3-6-13-9(8(7)11)4-1-2-5-12-9/h7-8,10-11H,1-6H2. The molecule has 2 aliphatic rings. The first-order chi connectivity index (χ1) is 6.25. The predicted octanol–water partition coefficient (Wildman–Crippen LogP) is 0.0253. The third-order valence-electron chi connectivity index (χ3n) is 2.84. The molecule has 2 rings (SSSR count). The maximum atomic E-state index is 9.75. The first kappa shape index (κ1) is 9.40. The molecule has 2 aliphatic heterocycles. The van der Waals surface area contributed by atoms with Gasteiger partial charge in [-0.25, -0.2) is 0 Å². The van der Waals surface area contributed by atoms with Gasteiger partial charge in [0.15, 0.2) is 5.79 Å². The molecule has 0 aliphatic carbocycles. The summed E-state index contributed by atoms with van der Waals surface area (Å²) in [4.78, 5) is 0. The third-order valence-corrected chi connectivity index (χ3v) is 2.84. The molecule has 0 aromatic rings. The molecule has 0 aromatic carbocycles. The van der Waals surface area contributed by atoms with Gasteiger partial charge in [-0.2, -0.15) is 0 Å². The topological polar surface area (TPSA) is 58.9 Å². The van der Waals surface area contributed by atoms with Crippen molar-refractivity contribution in [3.8, 4) is 0 Å². The SMILES string of the molecule is OC1CCOC2(CCCCO2)C1O. The monoisotopic (exact) mass is 188 g/mol. The van der Waals surface area contributed by atoms with Gasteiger partial charge in [0.25, 0.3) is 0 Å². The van der Waals surface area contributed by atoms with Gasteiger partial charge >= 0.3 is 0 Å². The summed E-state index contributed by atoms with van der Waals surface area (Å²) in [7, 11) is 0. The summed E-state index contributed by atoms with van der Waals surface area (Å²) < 4.78 is 10.9. The average Bonchev–Trinajstić information content (AvgIpc) is 2.16. The van der Waals surface area contributed by atoms with E-state index in [1.54, 1.807) is 0 Å². The molecule has 2 fully saturated rings. The Morgan fingerprint density at radius 1 is 1.08 bits per heavy atom. The van der Waals surface area contributed by atoms with Gasteiger partial charge in [-0.15, -0.1) is 0 Å². The Labute approximate surface area is 77.5 Å². The Bertz CT molecular complexity index is 171. The van der Waals surface area contributed by atoms with E-state index in [0.717, 1.165) is 12.8 Å². The second kappa shape index (κ2) is 3.53. The number of hydrogen-bond acceptors (Lipinski definition) is 4. The highest BCUT2D eigenvalue weighted by molar-refractivity contribution is 4.90. The van der Waals surface area contributed by atoms with Crippen LogP contribution in [0.2, 0.25) is 0 Å². The molecule has 4 heteroatoms. The predicted molar refractivity (Wildman–Crippen MR) is 45.1 cm³/mol. The molecular weight excluding hydrogens is 172 g/mol. The van der Waals surface area contributed by atoms with Crippen LogP contribution in [-0.2, 0) is 9.47 Å². The molecule has 0 saturated carbocycles. The molecule has 76 valence electrons. The summed E-state index contributed by atoms with van der Waals surface area (Å²) in [6, 6.07) is 0. The van der Waals surface area contributed by atoms with E-state index in [9.17, 15) is 10.2 Å². The molecule has 13 heavy (non-hydrogen) atoms. The van der Waals surface area contributed by atoms with Crippen molar-refractivity contribution in [2.45, 2.75) is 43.7 Å². The molecule has 0 radical (unpaired) electrons. The minimum atomic E-state index is -0.907. The van der Waals surface area contributed by atoms with E-state index in [0.29, 0.717) is 26.1 Å². The Hall–Kier alpha value is -0.160. The largest absolute Gasteiger partial charge is 0.390 e. The third kappa shape index (κ3) is 1.59. The van der Waals surface area contributed by atoms with Crippen LogP contribution < -0.4 is 0 Å². The van der Waals surface area contributed by atoms with Gasteiger partial charge in [-0.1, -0.05) is 0 Å². The lowest BCUT2D eigenvalue weighted by Gasteiger charge is -2.45. The van der Waals surface area contributed by atoms with Crippen molar-refractivity contribution in [1.82, 2.24) is 0 Å². The molecule has 0 aromatic heterocycles. The van der Waals surface area contributed by atoms with Crippen LogP contribution in [-0.4, -0.2) is 41.4 Å². The zero-order valence-corrected chi connectivity index (χ0v) is 7.61. The van der Waals surface area contributed by atoms with Gasteiger partial charge in [0, 0.05) is 6.42 Å². The van der Waals surface area contributed by atoms with Crippen molar-refractivity contribution >= 4 is 0 Å². The Balaban J connectivity index is 2.09. The van der Waals surface area contributed by atoms with Gasteiger partial charge < -0.3 is 19.7 Å². The maximum Gasteiger partial charge on any atom is 0.196 e. The van der Waals surface area contributed by atoms with Crippen LogP contribution in [0.5, 0.6) is 0 Å². The first-order valence-electron chi connectivity index (χ1n) is 4.89. The smallest absolute Gasteiger partial charge is 0.196 e. The summed E-state index contributed by atoms with van der Waals surface area (Å²) in [6.07, 6.45) is 1.59. The van der Waals surface area contributed by atoms with Crippen LogP contribution >= 0.6 is 0 Å². The van der Waals surface area contributed by atoms with Crippen LogP contribution in [0.25, 0.3) is 0 Å². The maximum absolute atomic E-state index is 9.75. The minimum Gasteiger partial charge on any atom is -0.390 e. The van der Waals surface area contributed by atoms with Gasteiger partial charge in [0.05, 0.1) is 19.3 Å². The lowest BCUT2D eigenvalue weighted by atomic mass is 9.92. The van der Waals surface area contributed by atoms with Gasteiger partial charge in [0.2, 0.25) is 0 Å². The molecule has 3 unspecified atom stereocenters. The fraction of sp³-hybridized carbons (Fsp3) is 1.00. The molecule has 0 amide bonds. The molecule has 1 spiro atoms. The lowest BCUT2D eigenvalue weighted by molar-refractivity contribution is -0.332. The van der Waals surface area contributed by atoms with Gasteiger partial charge in [0.1, 0.15) is 6.10 Å². The Morgan fingerprint density at radius 2 is 1.85 bits per heavy atom. The van der Waals surface area contributed by atoms with Gasteiger partial charge in [-0.05, 0) is 19.3 Å². The van der Waals surface area contributed by atoms with Crippen LogP contribution in [0, 0.1) is 0 Å². The second-order valence-corrected chi connectivity index (χ2v) is 3.77. The van der Waals surface area contributed by atoms with Crippen molar-refractivity contribution in [3.05, 3.63) is 0 Å². The Kier molecular flexibility index (Phi) is 2.55. The first-order valence-corrected chi connectivity index (χ1v) is 4.89. The number of hydrogen-bond donors (Lipinski definition) is 2. The molecule has 2 saturated heterocycles. The van der Waals surface area contributed by atoms with E-state index >= 15 is 0 Å². The van der Waals surface area contributed by atoms with Crippen molar-refractivity contribution in [3.63, 3.8) is 0 Å². The summed E-state index contributed by atoms with van der Waals surface area (Å²) in [5, 5.41) is 19.2. The lowest BCUT2D eigenvalue weighted by Crippen LogP contribution is -2.58. The average molecular weight is 188 g/mol. The number of rotatable bonds is 0. The molecule has 0 bridgehead atoms. The molecule has 4 nitrogen and oxygen atoms in total. The second-order valence-electron chi connectivity index (χ2n) is 3.77. The zero-order valence-electron chi connectivity index (χ0n) is 7.61. The van der Waals surface area contributed by atoms with Gasteiger partial charge in [-0.3, -0.25) is 0 Å². The minimum absolute atomic E-state index is 0.470. The molecule has 2 heterocycles. The number of aliphatic hydroxyl groups excluding tert-OH is 2. The van der Waals surface area contributed by atoms with Crippen molar-refractivity contribution in [2.75, 3.05) is 13.2 Å². The normalized spacial score (nSPS) is 46.6. The Morgan fingerprint density at radius 3 is 2.54 bits per heavy atom. The van der Waals surface area contributed by atoms with Crippen molar-refractivity contribution < 1.29 is 19.7 Å². The van der Waals surface area contributed by atoms with E-state index in [-0.39, 0.29) is 0 Å². The fourth-order valence-electron chi connectivity index (χ4n) is 2.03. The van der Waals surface area contributed by atoms with E-state index in [1.807, 2.05) is 0 Å². The quantitative estimate of drug-likeness (QED) is 0.563. The molecule has 3 atom stereocenters. The number of ether oxygens (including phenoxy) is 2. The highest BCUT2D eigenvalue weighted by Crippen LogP contribution is 2.34. The zero-order chi connectivity index (χ0) is 9.31. The van der Waals surface area contributed by atoms with Crippen LogP contribution in [0.1, 0.15) is 25.7 Å². The van der Waals surface area contributed by atoms with Crippen LogP contribution in [0.15, 0.2) is 0 Å².